The van der Waals surface area contributed by atoms with Gasteiger partial charge in [0.05, 0.1) is 5.71 Å². The van der Waals surface area contributed by atoms with Crippen molar-refractivity contribution in [3.63, 3.8) is 0 Å². The maximum absolute atomic E-state index is 8.77. The Morgan fingerprint density at radius 3 is 2.33 bits per heavy atom. The summed E-state index contributed by atoms with van der Waals surface area (Å²) in [4.78, 5) is 0. The largest absolute Gasteiger partial charge is 0.411 e. The Bertz CT molecular complexity index is 532. The van der Waals surface area contributed by atoms with Crippen molar-refractivity contribution in [3.8, 4) is 0 Å². The Hall–Kier alpha value is -2.09. The molecule has 0 amide bonds. The van der Waals surface area contributed by atoms with E-state index in [9.17, 15) is 0 Å². The van der Waals surface area contributed by atoms with Crippen LogP contribution in [0.1, 0.15) is 23.6 Å². The first kappa shape index (κ1) is 12.4. The number of hydrogen-bond donors (Lipinski definition) is 1. The van der Waals surface area contributed by atoms with Crippen LogP contribution in [-0.4, -0.2) is 10.9 Å². The summed E-state index contributed by atoms with van der Waals surface area (Å²) >= 11 is 0. The smallest absolute Gasteiger partial charge is 0.0837 e. The third kappa shape index (κ3) is 3.20. The minimum Gasteiger partial charge on any atom is -0.411 e. The van der Waals surface area contributed by atoms with Gasteiger partial charge in [-0.1, -0.05) is 53.7 Å². The summed E-state index contributed by atoms with van der Waals surface area (Å²) < 4.78 is 0. The predicted molar refractivity (Wildman–Crippen MR) is 74.3 cm³/mol. The number of nitrogens with zero attached hydrogens (tertiary/aromatic N) is 1. The lowest BCUT2D eigenvalue weighted by Gasteiger charge is -2.04. The van der Waals surface area contributed by atoms with Gasteiger partial charge in [-0.3, -0.25) is 0 Å². The van der Waals surface area contributed by atoms with Crippen molar-refractivity contribution in [1.82, 2.24) is 0 Å². The molecule has 0 saturated carbocycles. The van der Waals surface area contributed by atoms with E-state index in [0.717, 1.165) is 18.4 Å². The van der Waals surface area contributed by atoms with Gasteiger partial charge in [0.2, 0.25) is 0 Å². The highest BCUT2D eigenvalue weighted by molar-refractivity contribution is 5.98. The van der Waals surface area contributed by atoms with Crippen LogP contribution in [0.5, 0.6) is 0 Å². The normalized spacial score (nSPS) is 11.5. The van der Waals surface area contributed by atoms with E-state index in [-0.39, 0.29) is 0 Å². The quantitative estimate of drug-likeness (QED) is 0.493. The summed E-state index contributed by atoms with van der Waals surface area (Å²) in [6.45, 7) is 1.80. The lowest BCUT2D eigenvalue weighted by Crippen LogP contribution is -1.97. The first-order chi connectivity index (χ1) is 8.79. The first-order valence-corrected chi connectivity index (χ1v) is 6.11. The molecule has 18 heavy (non-hydrogen) atoms. The third-order valence-corrected chi connectivity index (χ3v) is 3.04. The summed E-state index contributed by atoms with van der Waals surface area (Å²) in [7, 11) is 0. The molecule has 92 valence electrons. The summed E-state index contributed by atoms with van der Waals surface area (Å²) in [6, 6.07) is 18.6. The number of oxime groups is 1. The highest BCUT2D eigenvalue weighted by atomic mass is 16.4. The van der Waals surface area contributed by atoms with Crippen LogP contribution in [0.3, 0.4) is 0 Å². The molecule has 1 N–H and O–H groups in total. The van der Waals surface area contributed by atoms with E-state index in [1.165, 1.54) is 11.1 Å². The van der Waals surface area contributed by atoms with E-state index in [1.807, 2.05) is 18.2 Å². The fraction of sp³-hybridized carbons (Fsp3) is 0.188. The van der Waals surface area contributed by atoms with Gasteiger partial charge in [-0.2, -0.15) is 0 Å². The second-order valence-corrected chi connectivity index (χ2v) is 4.37. The molecule has 0 heterocycles. The third-order valence-electron chi connectivity index (χ3n) is 3.04. The maximum atomic E-state index is 8.77. The van der Waals surface area contributed by atoms with Crippen LogP contribution in [-0.2, 0) is 12.8 Å². The zero-order valence-corrected chi connectivity index (χ0v) is 10.5. The number of rotatable bonds is 4. The molecule has 0 fully saturated rings. The van der Waals surface area contributed by atoms with Crippen molar-refractivity contribution in [2.75, 3.05) is 0 Å². The lowest BCUT2D eigenvalue weighted by atomic mass is 10.0. The maximum Gasteiger partial charge on any atom is 0.0837 e. The molecule has 0 aromatic heterocycles. The molecule has 0 aliphatic heterocycles. The second kappa shape index (κ2) is 6.01. The van der Waals surface area contributed by atoms with E-state index >= 15 is 0 Å². The molecule has 2 aromatic rings. The Balaban J connectivity index is 2.06. The van der Waals surface area contributed by atoms with Crippen LogP contribution in [0.2, 0.25) is 0 Å². The molecule has 0 atom stereocenters. The Morgan fingerprint density at radius 1 is 0.944 bits per heavy atom. The van der Waals surface area contributed by atoms with Crippen LogP contribution in [0.25, 0.3) is 0 Å². The molecular weight excluding hydrogens is 222 g/mol. The van der Waals surface area contributed by atoms with Gasteiger partial charge in [0.1, 0.15) is 0 Å². The monoisotopic (exact) mass is 239 g/mol. The van der Waals surface area contributed by atoms with Gasteiger partial charge < -0.3 is 5.21 Å². The molecule has 0 unspecified atom stereocenters. The Kier molecular flexibility index (Phi) is 4.13. The van der Waals surface area contributed by atoms with E-state index in [0.29, 0.717) is 5.71 Å². The van der Waals surface area contributed by atoms with Crippen molar-refractivity contribution in [2.45, 2.75) is 19.8 Å². The minimum absolute atomic E-state index is 0.650. The van der Waals surface area contributed by atoms with Crippen LogP contribution in [0.4, 0.5) is 0 Å². The Morgan fingerprint density at radius 2 is 1.61 bits per heavy atom. The molecule has 0 saturated heterocycles. The first-order valence-electron chi connectivity index (χ1n) is 6.11. The molecule has 0 radical (unpaired) electrons. The highest BCUT2D eigenvalue weighted by Crippen LogP contribution is 2.10. The highest BCUT2D eigenvalue weighted by Gasteiger charge is 2.00. The molecule has 2 nitrogen and oxygen atoms in total. The summed E-state index contributed by atoms with van der Waals surface area (Å²) in [6.07, 6.45) is 2.02. The van der Waals surface area contributed by atoms with Crippen molar-refractivity contribution in [2.24, 2.45) is 5.16 Å². The van der Waals surface area contributed by atoms with Gasteiger partial charge in [0.25, 0.3) is 0 Å². The van der Waals surface area contributed by atoms with E-state index < -0.39 is 0 Å². The average Bonchev–Trinajstić information content (AvgIpc) is 2.45. The van der Waals surface area contributed by atoms with Crippen molar-refractivity contribution in [1.29, 1.82) is 0 Å². The predicted octanol–water partition coefficient (Wildman–Crippen LogP) is 3.67. The molecule has 0 aliphatic rings. The van der Waals surface area contributed by atoms with Crippen LogP contribution < -0.4 is 0 Å². The number of hydrogen-bond acceptors (Lipinski definition) is 2. The van der Waals surface area contributed by atoms with Gasteiger partial charge in [0.15, 0.2) is 0 Å². The molecule has 0 aliphatic carbocycles. The van der Waals surface area contributed by atoms with Crippen LogP contribution in [0, 0.1) is 0 Å². The SMILES string of the molecule is CC(=NO)c1cccc(CCc2ccccc2)c1. The van der Waals surface area contributed by atoms with Crippen molar-refractivity contribution < 1.29 is 5.21 Å². The minimum atomic E-state index is 0.650. The molecule has 2 rings (SSSR count). The summed E-state index contributed by atoms with van der Waals surface area (Å²) in [5, 5.41) is 12.0. The molecule has 2 aromatic carbocycles. The van der Waals surface area contributed by atoms with Gasteiger partial charge in [-0.25, -0.2) is 0 Å². The van der Waals surface area contributed by atoms with E-state index in [1.54, 1.807) is 6.92 Å². The topological polar surface area (TPSA) is 32.6 Å². The lowest BCUT2D eigenvalue weighted by molar-refractivity contribution is 0.319. The Labute approximate surface area is 108 Å². The van der Waals surface area contributed by atoms with Crippen LogP contribution in [0.15, 0.2) is 59.8 Å². The van der Waals surface area contributed by atoms with Crippen molar-refractivity contribution in [3.05, 3.63) is 71.3 Å². The fourth-order valence-electron chi connectivity index (χ4n) is 1.94. The van der Waals surface area contributed by atoms with Gasteiger partial charge in [-0.15, -0.1) is 0 Å². The summed E-state index contributed by atoms with van der Waals surface area (Å²) in [5.41, 5.74) is 4.23. The number of aryl methyl sites for hydroxylation is 2. The standard InChI is InChI=1S/C16H17NO/c1-13(17-18)16-9-5-8-15(12-16)11-10-14-6-3-2-4-7-14/h2-9,12,18H,10-11H2,1H3. The zero-order valence-electron chi connectivity index (χ0n) is 10.5. The average molecular weight is 239 g/mol. The summed E-state index contributed by atoms with van der Waals surface area (Å²) in [5.74, 6) is 0. The van der Waals surface area contributed by atoms with Crippen molar-refractivity contribution >= 4 is 5.71 Å². The molecule has 2 heteroatoms. The fourth-order valence-corrected chi connectivity index (χ4v) is 1.94. The molecule has 0 bridgehead atoms. The number of benzene rings is 2. The van der Waals surface area contributed by atoms with Crippen LogP contribution >= 0.6 is 0 Å². The zero-order chi connectivity index (χ0) is 12.8. The second-order valence-electron chi connectivity index (χ2n) is 4.37. The van der Waals surface area contributed by atoms with E-state index in [4.69, 9.17) is 5.21 Å². The van der Waals surface area contributed by atoms with Gasteiger partial charge >= 0.3 is 0 Å². The molecular formula is C16H17NO. The molecule has 0 spiro atoms. The van der Waals surface area contributed by atoms with Gasteiger partial charge in [0, 0.05) is 0 Å². The van der Waals surface area contributed by atoms with E-state index in [2.05, 4.69) is 41.6 Å². The van der Waals surface area contributed by atoms with Gasteiger partial charge in [-0.05, 0) is 42.5 Å².